The van der Waals surface area contributed by atoms with Crippen LogP contribution >= 0.6 is 0 Å². The highest BCUT2D eigenvalue weighted by molar-refractivity contribution is 4.57. The van der Waals surface area contributed by atoms with Crippen LogP contribution in [0.4, 0.5) is 4.39 Å². The van der Waals surface area contributed by atoms with Crippen molar-refractivity contribution in [3.8, 4) is 0 Å². The number of hydrogen-bond acceptors (Lipinski definition) is 2. The fourth-order valence-electron chi connectivity index (χ4n) is 0.372. The van der Waals surface area contributed by atoms with Gasteiger partial charge in [-0.2, -0.15) is 0 Å². The van der Waals surface area contributed by atoms with Gasteiger partial charge in [0.1, 0.15) is 12.8 Å². The second-order valence-electron chi connectivity index (χ2n) is 2.07. The Labute approximate surface area is 48.8 Å². The summed E-state index contributed by atoms with van der Waals surface area (Å²) < 4.78 is 11.7. The fourth-order valence-corrected chi connectivity index (χ4v) is 0.372. The van der Waals surface area contributed by atoms with Gasteiger partial charge < -0.3 is 0 Å². The molecular formula is C5H12FNO. The van der Waals surface area contributed by atoms with Crippen LogP contribution in [0, 0.1) is 5.92 Å². The van der Waals surface area contributed by atoms with Gasteiger partial charge in [0.25, 0.3) is 0 Å². The second kappa shape index (κ2) is 3.80. The highest BCUT2D eigenvalue weighted by Crippen LogP contribution is 2.03. The molecule has 8 heavy (non-hydrogen) atoms. The standard InChI is InChI=1S/C5H12FNO/c1-4(2)5(3-6)8-7/h4-5H,3,7H2,1-2H3. The van der Waals surface area contributed by atoms with Crippen LogP contribution in [0.3, 0.4) is 0 Å². The zero-order valence-electron chi connectivity index (χ0n) is 5.23. The third-order valence-corrected chi connectivity index (χ3v) is 1.07. The predicted octanol–water partition coefficient (Wildman–Crippen LogP) is 0.871. The van der Waals surface area contributed by atoms with E-state index in [1.165, 1.54) is 0 Å². The Morgan fingerprint density at radius 3 is 2.12 bits per heavy atom. The van der Waals surface area contributed by atoms with Crippen molar-refractivity contribution in [2.45, 2.75) is 20.0 Å². The number of rotatable bonds is 3. The predicted molar refractivity (Wildman–Crippen MR) is 29.9 cm³/mol. The summed E-state index contributed by atoms with van der Waals surface area (Å²) in [6.07, 6.45) is -0.435. The SMILES string of the molecule is CC(C)C(CF)ON. The molecule has 1 atom stereocenters. The van der Waals surface area contributed by atoms with Crippen molar-refractivity contribution >= 4 is 0 Å². The number of nitrogens with two attached hydrogens (primary N) is 1. The van der Waals surface area contributed by atoms with E-state index in [1.54, 1.807) is 0 Å². The zero-order valence-corrected chi connectivity index (χ0v) is 5.23. The summed E-state index contributed by atoms with van der Waals surface area (Å²) in [6, 6.07) is 0. The van der Waals surface area contributed by atoms with E-state index in [2.05, 4.69) is 4.84 Å². The molecule has 0 aromatic carbocycles. The first-order valence-corrected chi connectivity index (χ1v) is 2.63. The van der Waals surface area contributed by atoms with Gasteiger partial charge in [-0.05, 0) is 5.92 Å². The minimum atomic E-state index is -0.506. The lowest BCUT2D eigenvalue weighted by atomic mass is 10.1. The Hall–Kier alpha value is -0.150. The topological polar surface area (TPSA) is 35.2 Å². The van der Waals surface area contributed by atoms with Gasteiger partial charge in [-0.25, -0.2) is 10.3 Å². The Bertz CT molecular complexity index is 54.4. The lowest BCUT2D eigenvalue weighted by Gasteiger charge is -2.12. The molecule has 0 aliphatic heterocycles. The van der Waals surface area contributed by atoms with Gasteiger partial charge in [0, 0.05) is 0 Å². The summed E-state index contributed by atoms with van der Waals surface area (Å²) in [5.74, 6) is 4.90. The monoisotopic (exact) mass is 121 g/mol. The molecule has 0 aliphatic carbocycles. The molecule has 0 saturated carbocycles. The van der Waals surface area contributed by atoms with Crippen molar-refractivity contribution < 1.29 is 9.23 Å². The molecule has 0 saturated heterocycles. The molecule has 3 heteroatoms. The average Bonchev–Trinajstić information content (AvgIpc) is 1.69. The van der Waals surface area contributed by atoms with Gasteiger partial charge in [0.05, 0.1) is 0 Å². The van der Waals surface area contributed by atoms with Crippen LogP contribution < -0.4 is 5.90 Å². The van der Waals surface area contributed by atoms with E-state index in [9.17, 15) is 4.39 Å². The summed E-state index contributed by atoms with van der Waals surface area (Å²) in [4.78, 5) is 4.29. The summed E-state index contributed by atoms with van der Waals surface area (Å²) >= 11 is 0. The van der Waals surface area contributed by atoms with Crippen LogP contribution in [0.5, 0.6) is 0 Å². The van der Waals surface area contributed by atoms with Gasteiger partial charge in [-0.1, -0.05) is 13.8 Å². The second-order valence-corrected chi connectivity index (χ2v) is 2.07. The van der Waals surface area contributed by atoms with E-state index in [-0.39, 0.29) is 5.92 Å². The van der Waals surface area contributed by atoms with Crippen LogP contribution in [0.15, 0.2) is 0 Å². The molecule has 2 nitrogen and oxygen atoms in total. The van der Waals surface area contributed by atoms with Crippen molar-refractivity contribution in [1.82, 2.24) is 0 Å². The third kappa shape index (κ3) is 2.23. The van der Waals surface area contributed by atoms with Gasteiger partial charge in [0.15, 0.2) is 0 Å². The van der Waals surface area contributed by atoms with E-state index in [0.717, 1.165) is 0 Å². The summed E-state index contributed by atoms with van der Waals surface area (Å²) in [5, 5.41) is 0. The smallest absolute Gasteiger partial charge is 0.118 e. The Morgan fingerprint density at radius 2 is 2.12 bits per heavy atom. The maximum Gasteiger partial charge on any atom is 0.118 e. The van der Waals surface area contributed by atoms with Gasteiger partial charge >= 0.3 is 0 Å². The average molecular weight is 121 g/mol. The molecular weight excluding hydrogens is 109 g/mol. The van der Waals surface area contributed by atoms with Crippen LogP contribution in [-0.2, 0) is 4.84 Å². The van der Waals surface area contributed by atoms with E-state index in [0.29, 0.717) is 0 Å². The molecule has 1 unspecified atom stereocenters. The van der Waals surface area contributed by atoms with Crippen LogP contribution in [0.25, 0.3) is 0 Å². The molecule has 0 radical (unpaired) electrons. The van der Waals surface area contributed by atoms with E-state index >= 15 is 0 Å². The van der Waals surface area contributed by atoms with E-state index in [4.69, 9.17) is 5.90 Å². The van der Waals surface area contributed by atoms with Gasteiger partial charge in [-0.15, -0.1) is 0 Å². The Morgan fingerprint density at radius 1 is 1.62 bits per heavy atom. The highest BCUT2D eigenvalue weighted by Gasteiger charge is 2.10. The first kappa shape index (κ1) is 7.85. The summed E-state index contributed by atoms with van der Waals surface area (Å²) in [5.41, 5.74) is 0. The lowest BCUT2D eigenvalue weighted by molar-refractivity contribution is 0.00544. The maximum atomic E-state index is 11.7. The number of alkyl halides is 1. The summed E-state index contributed by atoms with van der Waals surface area (Å²) in [6.45, 7) is 3.21. The summed E-state index contributed by atoms with van der Waals surface area (Å²) in [7, 11) is 0. The molecule has 0 amide bonds. The Kier molecular flexibility index (Phi) is 3.73. The molecule has 0 bridgehead atoms. The molecule has 50 valence electrons. The van der Waals surface area contributed by atoms with E-state index in [1.807, 2.05) is 13.8 Å². The largest absolute Gasteiger partial charge is 0.298 e. The van der Waals surface area contributed by atoms with Crippen LogP contribution in [0.1, 0.15) is 13.8 Å². The highest BCUT2D eigenvalue weighted by atomic mass is 19.1. The lowest BCUT2D eigenvalue weighted by Crippen LogP contribution is -2.25. The number of halogens is 1. The quantitative estimate of drug-likeness (QED) is 0.562. The van der Waals surface area contributed by atoms with Crippen molar-refractivity contribution in [2.24, 2.45) is 11.8 Å². The number of hydrogen-bond donors (Lipinski definition) is 1. The van der Waals surface area contributed by atoms with Gasteiger partial charge in [0.2, 0.25) is 0 Å². The molecule has 0 rings (SSSR count). The molecule has 0 aromatic heterocycles. The third-order valence-electron chi connectivity index (χ3n) is 1.07. The zero-order chi connectivity index (χ0) is 6.57. The van der Waals surface area contributed by atoms with Crippen molar-refractivity contribution in [3.63, 3.8) is 0 Å². The van der Waals surface area contributed by atoms with Crippen LogP contribution in [0.2, 0.25) is 0 Å². The molecule has 2 N–H and O–H groups in total. The molecule has 0 heterocycles. The Balaban J connectivity index is 3.35. The van der Waals surface area contributed by atoms with Crippen molar-refractivity contribution in [2.75, 3.05) is 6.67 Å². The van der Waals surface area contributed by atoms with Crippen molar-refractivity contribution in [1.29, 1.82) is 0 Å². The molecule has 0 aliphatic rings. The molecule has 0 aromatic rings. The fraction of sp³-hybridized carbons (Fsp3) is 1.00. The normalized spacial score (nSPS) is 14.6. The van der Waals surface area contributed by atoms with Crippen LogP contribution in [-0.4, -0.2) is 12.8 Å². The first-order valence-electron chi connectivity index (χ1n) is 2.63. The maximum absolute atomic E-state index is 11.7. The minimum absolute atomic E-state index is 0.157. The molecule has 0 spiro atoms. The minimum Gasteiger partial charge on any atom is -0.298 e. The first-order chi connectivity index (χ1) is 3.72. The van der Waals surface area contributed by atoms with Crippen molar-refractivity contribution in [3.05, 3.63) is 0 Å². The van der Waals surface area contributed by atoms with Gasteiger partial charge in [-0.3, -0.25) is 4.84 Å². The van der Waals surface area contributed by atoms with E-state index < -0.39 is 12.8 Å². The molecule has 0 fully saturated rings.